The lowest BCUT2D eigenvalue weighted by Crippen LogP contribution is -2.13. The fourth-order valence-corrected chi connectivity index (χ4v) is 3.58. The van der Waals surface area contributed by atoms with Gasteiger partial charge in [0.05, 0.1) is 19.2 Å². The van der Waals surface area contributed by atoms with Crippen molar-refractivity contribution in [3.63, 3.8) is 0 Å². The van der Waals surface area contributed by atoms with E-state index in [-0.39, 0.29) is 11.4 Å². The third-order valence-electron chi connectivity index (χ3n) is 3.75. The van der Waals surface area contributed by atoms with Crippen LogP contribution in [0, 0.1) is 5.41 Å². The molecule has 1 aromatic heterocycles. The number of esters is 1. The Balaban J connectivity index is 1.80. The van der Waals surface area contributed by atoms with E-state index >= 15 is 0 Å². The molecule has 0 spiro atoms. The minimum Gasteiger partial charge on any atom is -0.469 e. The molecule has 0 radical (unpaired) electrons. The topological polar surface area (TPSA) is 44.1 Å². The highest BCUT2D eigenvalue weighted by molar-refractivity contribution is 7.98. The molecule has 1 fully saturated rings. The average Bonchev–Trinajstić information content (AvgIpc) is 3.06. The number of aromatic nitrogens is 2. The van der Waals surface area contributed by atoms with E-state index in [2.05, 4.69) is 18.1 Å². The van der Waals surface area contributed by atoms with Gasteiger partial charge in [-0.15, -0.1) is 0 Å². The normalized spacial score (nSPS) is 16.4. The maximum Gasteiger partial charge on any atom is 0.306 e. The highest BCUT2D eigenvalue weighted by Gasteiger charge is 2.44. The van der Waals surface area contributed by atoms with Crippen LogP contribution in [0.4, 0.5) is 0 Å². The predicted molar refractivity (Wildman–Crippen MR) is 77.0 cm³/mol. The maximum absolute atomic E-state index is 11.4. The lowest BCUT2D eigenvalue weighted by molar-refractivity contribution is -0.141. The van der Waals surface area contributed by atoms with Crippen molar-refractivity contribution in [1.82, 2.24) is 9.78 Å². The molecule has 0 saturated heterocycles. The summed E-state index contributed by atoms with van der Waals surface area (Å²) in [7, 11) is 3.46. The fraction of sp³-hybridized carbons (Fsp3) is 0.714. The van der Waals surface area contributed by atoms with Gasteiger partial charge in [-0.05, 0) is 36.5 Å². The van der Waals surface area contributed by atoms with E-state index in [1.165, 1.54) is 12.8 Å². The minimum atomic E-state index is -0.0769. The fourth-order valence-electron chi connectivity index (χ4n) is 2.18. The molecule has 0 amide bonds. The monoisotopic (exact) mass is 282 g/mol. The number of rotatable bonds is 7. The second kappa shape index (κ2) is 5.99. The Kier molecular flexibility index (Phi) is 4.55. The van der Waals surface area contributed by atoms with E-state index in [0.29, 0.717) is 6.42 Å². The molecule has 0 N–H and O–H groups in total. The zero-order valence-corrected chi connectivity index (χ0v) is 12.8. The van der Waals surface area contributed by atoms with Gasteiger partial charge in [0.25, 0.3) is 0 Å². The zero-order chi connectivity index (χ0) is 13.9. The Hall–Kier alpha value is -0.970. The van der Waals surface area contributed by atoms with Crippen LogP contribution in [0.2, 0.25) is 0 Å². The molecule has 0 atom stereocenters. The zero-order valence-electron chi connectivity index (χ0n) is 11.9. The Morgan fingerprint density at radius 1 is 1.58 bits per heavy atom. The standard InChI is InChI=1S/C14H22N2O2S/c1-4-11-7-12(16(2)15-11)9-19-10-14(5-6-14)8-13(17)18-3/h7H,4-6,8-10H2,1-3H3. The van der Waals surface area contributed by atoms with Gasteiger partial charge in [-0.3, -0.25) is 9.48 Å². The van der Waals surface area contributed by atoms with Crippen LogP contribution in [0.15, 0.2) is 6.07 Å². The van der Waals surface area contributed by atoms with Gasteiger partial charge in [-0.2, -0.15) is 16.9 Å². The molecule has 5 heteroatoms. The highest BCUT2D eigenvalue weighted by Crippen LogP contribution is 2.51. The number of aryl methyl sites for hydroxylation is 2. The number of hydrogen-bond acceptors (Lipinski definition) is 4. The van der Waals surface area contributed by atoms with Crippen LogP contribution in [0.3, 0.4) is 0 Å². The summed E-state index contributed by atoms with van der Waals surface area (Å²) in [6.07, 6.45) is 3.86. The number of nitrogens with zero attached hydrogens (tertiary/aromatic N) is 2. The van der Waals surface area contributed by atoms with Gasteiger partial charge in [-0.25, -0.2) is 0 Å². The SMILES string of the molecule is CCc1cc(CSCC2(CC(=O)OC)CC2)n(C)n1. The number of ether oxygens (including phenoxy) is 1. The van der Waals surface area contributed by atoms with E-state index in [0.717, 1.165) is 36.5 Å². The summed E-state index contributed by atoms with van der Waals surface area (Å²) < 4.78 is 6.73. The van der Waals surface area contributed by atoms with Gasteiger partial charge >= 0.3 is 5.97 Å². The molecule has 0 unspecified atom stereocenters. The third kappa shape index (κ3) is 3.75. The predicted octanol–water partition coefficient (Wildman–Crippen LogP) is 2.56. The lowest BCUT2D eigenvalue weighted by Gasteiger charge is -2.12. The highest BCUT2D eigenvalue weighted by atomic mass is 32.2. The Morgan fingerprint density at radius 2 is 2.32 bits per heavy atom. The van der Waals surface area contributed by atoms with Crippen LogP contribution in [0.25, 0.3) is 0 Å². The van der Waals surface area contributed by atoms with Crippen LogP contribution < -0.4 is 0 Å². The Bertz CT molecular complexity index is 452. The molecule has 2 rings (SSSR count). The molecule has 1 heterocycles. The molecular weight excluding hydrogens is 260 g/mol. The summed E-state index contributed by atoms with van der Waals surface area (Å²) in [5, 5.41) is 4.45. The van der Waals surface area contributed by atoms with Crippen molar-refractivity contribution >= 4 is 17.7 Å². The number of methoxy groups -OCH3 is 1. The van der Waals surface area contributed by atoms with Crippen LogP contribution >= 0.6 is 11.8 Å². The van der Waals surface area contributed by atoms with Crippen molar-refractivity contribution in [3.8, 4) is 0 Å². The number of carbonyl (C=O) groups excluding carboxylic acids is 1. The van der Waals surface area contributed by atoms with Crippen LogP contribution in [0.5, 0.6) is 0 Å². The molecule has 106 valence electrons. The van der Waals surface area contributed by atoms with Crippen molar-refractivity contribution in [2.75, 3.05) is 12.9 Å². The summed E-state index contributed by atoms with van der Waals surface area (Å²) in [5.74, 6) is 1.92. The first kappa shape index (κ1) is 14.4. The van der Waals surface area contributed by atoms with Crippen LogP contribution in [-0.4, -0.2) is 28.6 Å². The summed E-state index contributed by atoms with van der Waals surface area (Å²) >= 11 is 1.90. The number of thioether (sulfide) groups is 1. The molecule has 0 aliphatic heterocycles. The van der Waals surface area contributed by atoms with Crippen LogP contribution in [-0.2, 0) is 28.8 Å². The number of hydrogen-bond donors (Lipinski definition) is 0. The van der Waals surface area contributed by atoms with Crippen molar-refractivity contribution in [1.29, 1.82) is 0 Å². The van der Waals surface area contributed by atoms with E-state index in [9.17, 15) is 4.79 Å². The summed E-state index contributed by atoms with van der Waals surface area (Å²) in [6, 6.07) is 2.17. The molecule has 1 saturated carbocycles. The van der Waals surface area contributed by atoms with Gasteiger partial charge in [0.15, 0.2) is 0 Å². The first-order valence-corrected chi connectivity index (χ1v) is 7.90. The number of carbonyl (C=O) groups is 1. The van der Waals surface area contributed by atoms with Crippen molar-refractivity contribution in [2.45, 2.75) is 38.4 Å². The third-order valence-corrected chi connectivity index (χ3v) is 5.07. The van der Waals surface area contributed by atoms with E-state index < -0.39 is 0 Å². The summed E-state index contributed by atoms with van der Waals surface area (Å²) in [4.78, 5) is 11.4. The first-order valence-electron chi connectivity index (χ1n) is 6.75. The first-order chi connectivity index (χ1) is 9.08. The summed E-state index contributed by atoms with van der Waals surface area (Å²) in [5.41, 5.74) is 2.62. The van der Waals surface area contributed by atoms with Gasteiger partial charge in [0.2, 0.25) is 0 Å². The van der Waals surface area contributed by atoms with Gasteiger partial charge in [0.1, 0.15) is 0 Å². The van der Waals surface area contributed by atoms with Gasteiger partial charge < -0.3 is 4.74 Å². The molecule has 19 heavy (non-hydrogen) atoms. The quantitative estimate of drug-likeness (QED) is 0.721. The minimum absolute atomic E-state index is 0.0769. The second-order valence-electron chi connectivity index (χ2n) is 5.35. The van der Waals surface area contributed by atoms with E-state index in [1.54, 1.807) is 0 Å². The molecular formula is C14H22N2O2S. The maximum atomic E-state index is 11.4. The molecule has 0 bridgehead atoms. The molecule has 0 aromatic carbocycles. The molecule has 1 aromatic rings. The second-order valence-corrected chi connectivity index (χ2v) is 6.34. The van der Waals surface area contributed by atoms with Gasteiger partial charge in [-0.1, -0.05) is 6.92 Å². The average molecular weight is 282 g/mol. The van der Waals surface area contributed by atoms with Crippen molar-refractivity contribution in [2.24, 2.45) is 12.5 Å². The Labute approximate surface area is 118 Å². The van der Waals surface area contributed by atoms with Crippen molar-refractivity contribution < 1.29 is 9.53 Å². The van der Waals surface area contributed by atoms with E-state index in [1.807, 2.05) is 23.5 Å². The van der Waals surface area contributed by atoms with Crippen LogP contribution in [0.1, 0.15) is 37.6 Å². The Morgan fingerprint density at radius 3 is 2.84 bits per heavy atom. The van der Waals surface area contributed by atoms with Gasteiger partial charge in [0, 0.05) is 18.5 Å². The molecule has 1 aliphatic rings. The molecule has 4 nitrogen and oxygen atoms in total. The van der Waals surface area contributed by atoms with E-state index in [4.69, 9.17) is 4.74 Å². The largest absolute Gasteiger partial charge is 0.469 e. The summed E-state index contributed by atoms with van der Waals surface area (Å²) in [6.45, 7) is 2.12. The molecule has 1 aliphatic carbocycles. The lowest BCUT2D eigenvalue weighted by atomic mass is 10.1. The van der Waals surface area contributed by atoms with Crippen molar-refractivity contribution in [3.05, 3.63) is 17.5 Å². The smallest absolute Gasteiger partial charge is 0.306 e.